The first-order valence-electron chi connectivity index (χ1n) is 4.77. The van der Waals surface area contributed by atoms with Gasteiger partial charge in [-0.1, -0.05) is 17.7 Å². The SMILES string of the molecule is NC(=O)C(O)CNC(=O)Nc1cccc(Cl)c1. The Morgan fingerprint density at radius 2 is 2.18 bits per heavy atom. The second-order valence-electron chi connectivity index (χ2n) is 3.26. The highest BCUT2D eigenvalue weighted by Gasteiger charge is 2.11. The first-order valence-corrected chi connectivity index (χ1v) is 5.14. The topological polar surface area (TPSA) is 104 Å². The fraction of sp³-hybridized carbons (Fsp3) is 0.200. The number of primary amides is 1. The molecule has 0 bridgehead atoms. The molecule has 0 saturated heterocycles. The number of rotatable bonds is 4. The van der Waals surface area contributed by atoms with Crippen LogP contribution in [0.4, 0.5) is 10.5 Å². The molecule has 0 fully saturated rings. The zero-order chi connectivity index (χ0) is 12.8. The molecule has 7 heteroatoms. The summed E-state index contributed by atoms with van der Waals surface area (Å²) in [4.78, 5) is 21.8. The number of carbonyl (C=O) groups is 2. The molecule has 6 nitrogen and oxygen atoms in total. The summed E-state index contributed by atoms with van der Waals surface area (Å²) >= 11 is 5.72. The first-order chi connectivity index (χ1) is 7.99. The first kappa shape index (κ1) is 13.3. The number of hydrogen-bond donors (Lipinski definition) is 4. The number of hydrogen-bond acceptors (Lipinski definition) is 3. The van der Waals surface area contributed by atoms with Crippen molar-refractivity contribution in [1.29, 1.82) is 0 Å². The molecule has 92 valence electrons. The number of amides is 3. The van der Waals surface area contributed by atoms with Gasteiger partial charge in [-0.3, -0.25) is 4.79 Å². The summed E-state index contributed by atoms with van der Waals surface area (Å²) in [6.07, 6.45) is -1.40. The number of aliphatic hydroxyl groups is 1. The molecule has 1 unspecified atom stereocenters. The van der Waals surface area contributed by atoms with Crippen molar-refractivity contribution in [3.63, 3.8) is 0 Å². The van der Waals surface area contributed by atoms with Gasteiger partial charge in [0.05, 0.1) is 6.54 Å². The minimum absolute atomic E-state index is 0.248. The van der Waals surface area contributed by atoms with Gasteiger partial charge in [-0.05, 0) is 18.2 Å². The van der Waals surface area contributed by atoms with Crippen molar-refractivity contribution >= 4 is 29.2 Å². The van der Waals surface area contributed by atoms with E-state index in [-0.39, 0.29) is 6.54 Å². The molecule has 1 atom stereocenters. The number of aliphatic hydroxyl groups excluding tert-OH is 1. The minimum atomic E-state index is -1.40. The standard InChI is InChI=1S/C10H12ClN3O3/c11-6-2-1-3-7(4-6)14-10(17)13-5-8(15)9(12)16/h1-4,8,15H,5H2,(H2,12,16)(H2,13,14,17). The van der Waals surface area contributed by atoms with Gasteiger partial charge in [0.15, 0.2) is 0 Å². The molecule has 5 N–H and O–H groups in total. The second kappa shape index (κ2) is 6.07. The van der Waals surface area contributed by atoms with E-state index in [0.717, 1.165) is 0 Å². The molecule has 1 aromatic rings. The Morgan fingerprint density at radius 1 is 1.47 bits per heavy atom. The maximum Gasteiger partial charge on any atom is 0.319 e. The number of nitrogens with one attached hydrogen (secondary N) is 2. The summed E-state index contributed by atoms with van der Waals surface area (Å²) in [7, 11) is 0. The van der Waals surface area contributed by atoms with E-state index in [1.807, 2.05) is 0 Å². The van der Waals surface area contributed by atoms with Crippen LogP contribution in [0.5, 0.6) is 0 Å². The molecule has 0 saturated carbocycles. The second-order valence-corrected chi connectivity index (χ2v) is 3.70. The molecule has 0 radical (unpaired) electrons. The van der Waals surface area contributed by atoms with Gasteiger partial charge >= 0.3 is 6.03 Å². The quantitative estimate of drug-likeness (QED) is 0.624. The van der Waals surface area contributed by atoms with Gasteiger partial charge in [-0.2, -0.15) is 0 Å². The number of nitrogens with two attached hydrogens (primary N) is 1. The lowest BCUT2D eigenvalue weighted by Crippen LogP contribution is -2.41. The molecule has 0 heterocycles. The Hall–Kier alpha value is -1.79. The molecule has 0 aliphatic heterocycles. The predicted molar refractivity (Wildman–Crippen MR) is 63.7 cm³/mol. The van der Waals surface area contributed by atoms with Gasteiger partial charge in [0, 0.05) is 10.7 Å². The summed E-state index contributed by atoms with van der Waals surface area (Å²) in [5.74, 6) is -0.895. The number of benzene rings is 1. The maximum absolute atomic E-state index is 11.3. The molecule has 0 spiro atoms. The number of carbonyl (C=O) groups excluding carboxylic acids is 2. The van der Waals surface area contributed by atoms with Crippen LogP contribution in [0.25, 0.3) is 0 Å². The zero-order valence-corrected chi connectivity index (χ0v) is 9.57. The molecular weight excluding hydrogens is 246 g/mol. The largest absolute Gasteiger partial charge is 0.381 e. The van der Waals surface area contributed by atoms with Crippen LogP contribution in [-0.4, -0.2) is 29.7 Å². The summed E-state index contributed by atoms with van der Waals surface area (Å²) in [6, 6.07) is 5.99. The van der Waals surface area contributed by atoms with Gasteiger partial charge in [0.25, 0.3) is 0 Å². The van der Waals surface area contributed by atoms with Crippen molar-refractivity contribution in [3.8, 4) is 0 Å². The fourth-order valence-corrected chi connectivity index (χ4v) is 1.22. The van der Waals surface area contributed by atoms with Gasteiger partial charge < -0.3 is 21.5 Å². The molecule has 3 amide bonds. The van der Waals surface area contributed by atoms with Crippen LogP contribution < -0.4 is 16.4 Å². The summed E-state index contributed by atoms with van der Waals surface area (Å²) < 4.78 is 0. The Labute approximate surface area is 103 Å². The highest BCUT2D eigenvalue weighted by atomic mass is 35.5. The maximum atomic E-state index is 11.3. The lowest BCUT2D eigenvalue weighted by Gasteiger charge is -2.09. The van der Waals surface area contributed by atoms with Crippen molar-refractivity contribution in [2.24, 2.45) is 5.73 Å². The monoisotopic (exact) mass is 257 g/mol. The van der Waals surface area contributed by atoms with Gasteiger partial charge in [0.2, 0.25) is 5.91 Å². The van der Waals surface area contributed by atoms with Gasteiger partial charge in [-0.15, -0.1) is 0 Å². The van der Waals surface area contributed by atoms with E-state index in [1.54, 1.807) is 24.3 Å². The van der Waals surface area contributed by atoms with E-state index >= 15 is 0 Å². The lowest BCUT2D eigenvalue weighted by atomic mass is 10.3. The highest BCUT2D eigenvalue weighted by Crippen LogP contribution is 2.14. The van der Waals surface area contributed by atoms with E-state index in [2.05, 4.69) is 10.6 Å². The average molecular weight is 258 g/mol. The highest BCUT2D eigenvalue weighted by molar-refractivity contribution is 6.30. The van der Waals surface area contributed by atoms with Gasteiger partial charge in [-0.25, -0.2) is 4.79 Å². The molecule has 0 aromatic heterocycles. The Morgan fingerprint density at radius 3 is 2.76 bits per heavy atom. The van der Waals surface area contributed by atoms with Crippen LogP contribution in [-0.2, 0) is 4.79 Å². The number of urea groups is 1. The lowest BCUT2D eigenvalue weighted by molar-refractivity contribution is -0.125. The normalized spacial score (nSPS) is 11.6. The van der Waals surface area contributed by atoms with Crippen molar-refractivity contribution in [3.05, 3.63) is 29.3 Å². The Kier molecular flexibility index (Phi) is 4.74. The molecular formula is C10H12ClN3O3. The number of anilines is 1. The van der Waals surface area contributed by atoms with Gasteiger partial charge in [0.1, 0.15) is 6.10 Å². The van der Waals surface area contributed by atoms with E-state index in [4.69, 9.17) is 22.4 Å². The minimum Gasteiger partial charge on any atom is -0.381 e. The molecule has 1 aromatic carbocycles. The summed E-state index contributed by atoms with van der Waals surface area (Å²) in [5.41, 5.74) is 5.32. The third-order valence-electron chi connectivity index (χ3n) is 1.87. The van der Waals surface area contributed by atoms with E-state index in [1.165, 1.54) is 0 Å². The molecule has 1 rings (SSSR count). The molecule has 0 aliphatic rings. The average Bonchev–Trinajstić information content (AvgIpc) is 2.25. The van der Waals surface area contributed by atoms with Crippen molar-refractivity contribution in [1.82, 2.24) is 5.32 Å². The van der Waals surface area contributed by atoms with Crippen LogP contribution >= 0.6 is 11.6 Å². The van der Waals surface area contributed by atoms with Crippen LogP contribution in [0, 0.1) is 0 Å². The van der Waals surface area contributed by atoms with Crippen molar-refractivity contribution in [2.75, 3.05) is 11.9 Å². The van der Waals surface area contributed by atoms with Crippen LogP contribution in [0.15, 0.2) is 24.3 Å². The van der Waals surface area contributed by atoms with Crippen LogP contribution in [0.3, 0.4) is 0 Å². The molecule has 0 aliphatic carbocycles. The van der Waals surface area contributed by atoms with Crippen LogP contribution in [0.2, 0.25) is 5.02 Å². The van der Waals surface area contributed by atoms with E-state index in [0.29, 0.717) is 10.7 Å². The summed E-state index contributed by atoms with van der Waals surface area (Å²) in [5, 5.41) is 14.3. The van der Waals surface area contributed by atoms with Crippen molar-refractivity contribution in [2.45, 2.75) is 6.10 Å². The van der Waals surface area contributed by atoms with E-state index in [9.17, 15) is 9.59 Å². The smallest absolute Gasteiger partial charge is 0.319 e. The Bertz CT molecular complexity index is 425. The third kappa shape index (κ3) is 4.71. The Balaban J connectivity index is 2.42. The fourth-order valence-electron chi connectivity index (χ4n) is 1.03. The summed E-state index contributed by atoms with van der Waals surface area (Å²) in [6.45, 7) is -0.248. The number of halogens is 1. The zero-order valence-electron chi connectivity index (χ0n) is 8.81. The van der Waals surface area contributed by atoms with E-state index < -0.39 is 18.0 Å². The van der Waals surface area contributed by atoms with Crippen molar-refractivity contribution < 1.29 is 14.7 Å². The van der Waals surface area contributed by atoms with Crippen LogP contribution in [0.1, 0.15) is 0 Å². The molecule has 17 heavy (non-hydrogen) atoms. The predicted octanol–water partition coefficient (Wildman–Crippen LogP) is 0.308. The third-order valence-corrected chi connectivity index (χ3v) is 2.10.